The number of halogens is 2. The molecule has 2 aromatic heterocycles. The van der Waals surface area contributed by atoms with Crippen LogP contribution in [0.3, 0.4) is 0 Å². The van der Waals surface area contributed by atoms with E-state index in [2.05, 4.69) is 19.8 Å². The Bertz CT molecular complexity index is 1650. The van der Waals surface area contributed by atoms with E-state index in [0.29, 0.717) is 40.9 Å². The monoisotopic (exact) mass is 573 g/mol. The fourth-order valence-corrected chi connectivity index (χ4v) is 8.35. The van der Waals surface area contributed by atoms with E-state index in [9.17, 15) is 5.11 Å². The summed E-state index contributed by atoms with van der Waals surface area (Å²) in [7, 11) is 0. The summed E-state index contributed by atoms with van der Waals surface area (Å²) < 4.78 is 23.0. The lowest BCUT2D eigenvalue weighted by molar-refractivity contribution is 0.108. The van der Waals surface area contributed by atoms with Gasteiger partial charge >= 0.3 is 6.01 Å². The topological polar surface area (TPSA) is 74.6 Å². The fourth-order valence-electron chi connectivity index (χ4n) is 8.07. The fraction of sp³-hybridized carbons (Fsp3) is 0.469. The molecule has 2 aromatic carbocycles. The molecule has 1 saturated carbocycles. The van der Waals surface area contributed by atoms with Crippen molar-refractivity contribution in [3.63, 3.8) is 0 Å². The van der Waals surface area contributed by atoms with Crippen molar-refractivity contribution < 1.29 is 14.2 Å². The maximum atomic E-state index is 16.6. The van der Waals surface area contributed by atoms with Crippen molar-refractivity contribution in [2.24, 2.45) is 11.8 Å². The predicted octanol–water partition coefficient (Wildman–Crippen LogP) is 5.85. The highest BCUT2D eigenvalue weighted by atomic mass is 35.5. The first kappa shape index (κ1) is 25.6. The van der Waals surface area contributed by atoms with Crippen LogP contribution >= 0.6 is 11.6 Å². The Labute approximate surface area is 243 Å². The molecule has 1 unspecified atom stereocenters. The third-order valence-electron chi connectivity index (χ3n) is 10.0. The average Bonchev–Trinajstić information content (AvgIpc) is 3.63. The molecule has 1 aliphatic carbocycles. The molecule has 7 nitrogen and oxygen atoms in total. The lowest BCUT2D eigenvalue weighted by Gasteiger charge is -2.34. The summed E-state index contributed by atoms with van der Waals surface area (Å²) in [6, 6.07) is 11.6. The quantitative estimate of drug-likeness (QED) is 0.321. The van der Waals surface area contributed by atoms with Gasteiger partial charge < -0.3 is 14.7 Å². The van der Waals surface area contributed by atoms with Gasteiger partial charge in [-0.05, 0) is 69.0 Å². The normalized spacial score (nSPS) is 25.3. The Morgan fingerprint density at radius 1 is 1.05 bits per heavy atom. The van der Waals surface area contributed by atoms with Gasteiger partial charge in [0.25, 0.3) is 0 Å². The summed E-state index contributed by atoms with van der Waals surface area (Å²) in [6.45, 7) is 4.13. The van der Waals surface area contributed by atoms with Crippen molar-refractivity contribution in [1.82, 2.24) is 19.9 Å². The Balaban J connectivity index is 1.25. The molecule has 212 valence electrons. The van der Waals surface area contributed by atoms with Gasteiger partial charge in [-0.2, -0.15) is 9.97 Å². The van der Waals surface area contributed by atoms with E-state index >= 15 is 4.39 Å². The van der Waals surface area contributed by atoms with Gasteiger partial charge in [0.1, 0.15) is 23.6 Å². The number of anilines is 1. The summed E-state index contributed by atoms with van der Waals surface area (Å²) in [5, 5.41) is 13.4. The highest BCUT2D eigenvalue weighted by molar-refractivity contribution is 6.36. The third-order valence-corrected chi connectivity index (χ3v) is 10.3. The number of benzene rings is 2. The molecule has 0 radical (unpaired) electrons. The van der Waals surface area contributed by atoms with Crippen LogP contribution < -0.4 is 9.64 Å². The maximum Gasteiger partial charge on any atom is 0.319 e. The van der Waals surface area contributed by atoms with E-state index in [1.165, 1.54) is 12.8 Å². The summed E-state index contributed by atoms with van der Waals surface area (Å²) >= 11 is 6.60. The van der Waals surface area contributed by atoms with Crippen LogP contribution in [0, 0.1) is 17.7 Å². The van der Waals surface area contributed by atoms with E-state index in [1.54, 1.807) is 6.20 Å². The van der Waals surface area contributed by atoms with E-state index in [0.717, 1.165) is 56.1 Å². The molecular weight excluding hydrogens is 541 g/mol. The molecule has 3 atom stereocenters. The number of rotatable bonds is 5. The maximum absolute atomic E-state index is 16.6. The summed E-state index contributed by atoms with van der Waals surface area (Å²) in [5.74, 6) is 0.694. The number of piperidine rings is 1. The summed E-state index contributed by atoms with van der Waals surface area (Å²) in [6.07, 6.45) is 7.74. The van der Waals surface area contributed by atoms with Crippen molar-refractivity contribution >= 4 is 39.1 Å². The van der Waals surface area contributed by atoms with Crippen molar-refractivity contribution in [2.75, 3.05) is 37.7 Å². The van der Waals surface area contributed by atoms with Crippen LogP contribution in [0.5, 0.6) is 6.01 Å². The lowest BCUT2D eigenvalue weighted by atomic mass is 9.95. The van der Waals surface area contributed by atoms with Crippen LogP contribution in [0.25, 0.3) is 32.9 Å². The van der Waals surface area contributed by atoms with Crippen LogP contribution in [0.1, 0.15) is 38.5 Å². The molecule has 8 rings (SSSR count). The second-order valence-electron chi connectivity index (χ2n) is 12.4. The van der Waals surface area contributed by atoms with Gasteiger partial charge in [-0.15, -0.1) is 0 Å². The number of ether oxygens (including phenoxy) is 1. The largest absolute Gasteiger partial charge is 0.461 e. The van der Waals surface area contributed by atoms with Gasteiger partial charge in [0.05, 0.1) is 17.0 Å². The molecule has 4 fully saturated rings. The Hall–Kier alpha value is -3.07. The molecule has 0 amide bonds. The minimum Gasteiger partial charge on any atom is -0.461 e. The number of nitrogens with zero attached hydrogens (tertiary/aromatic N) is 5. The third kappa shape index (κ3) is 4.17. The predicted molar refractivity (Wildman–Crippen MR) is 158 cm³/mol. The Morgan fingerprint density at radius 3 is 2.66 bits per heavy atom. The van der Waals surface area contributed by atoms with E-state index < -0.39 is 5.82 Å². The zero-order valence-electron chi connectivity index (χ0n) is 22.9. The Morgan fingerprint density at radius 2 is 1.85 bits per heavy atom. The number of aromatic nitrogens is 3. The molecule has 9 heteroatoms. The molecule has 3 saturated heterocycles. The van der Waals surface area contributed by atoms with Gasteiger partial charge in [-0.25, -0.2) is 4.39 Å². The standard InChI is InChI=1S/C32H33ClFN5O2/c33-24-8-2-6-20-5-1-7-22(26(20)24)28-27(34)29-23(15-35-28)30(38-16-19-13-21(17-38)25(40)14-19)37-31(36-29)41-18-32-9-3-11-39(32)12-4-10-32/h1-2,5-8,15,19,21,25,40H,3-4,9-14,16-18H2/t19?,21-,25-/m1/s1. The second kappa shape index (κ2) is 9.75. The highest BCUT2D eigenvalue weighted by Gasteiger charge is 2.45. The molecule has 4 aliphatic rings. The summed E-state index contributed by atoms with van der Waals surface area (Å²) in [5.41, 5.74) is 1.05. The molecule has 1 N–H and O–H groups in total. The first-order chi connectivity index (χ1) is 20.0. The average molecular weight is 574 g/mol. The van der Waals surface area contributed by atoms with Crippen molar-refractivity contribution in [2.45, 2.75) is 50.2 Å². The van der Waals surface area contributed by atoms with Crippen LogP contribution in [-0.2, 0) is 0 Å². The van der Waals surface area contributed by atoms with Crippen molar-refractivity contribution in [3.8, 4) is 17.3 Å². The highest BCUT2D eigenvalue weighted by Crippen LogP contribution is 2.43. The zero-order valence-corrected chi connectivity index (χ0v) is 23.7. The van der Waals surface area contributed by atoms with Crippen LogP contribution in [-0.4, -0.2) is 69.4 Å². The number of aliphatic hydroxyl groups excluding tert-OH is 1. The van der Waals surface area contributed by atoms with Crippen LogP contribution in [0.4, 0.5) is 10.2 Å². The molecule has 0 spiro atoms. The second-order valence-corrected chi connectivity index (χ2v) is 12.8. The summed E-state index contributed by atoms with van der Waals surface area (Å²) in [4.78, 5) is 18.9. The van der Waals surface area contributed by atoms with E-state index in [4.69, 9.17) is 21.3 Å². The lowest BCUT2D eigenvalue weighted by Crippen LogP contribution is -2.43. The smallest absolute Gasteiger partial charge is 0.319 e. The molecule has 2 bridgehead atoms. The van der Waals surface area contributed by atoms with Crippen LogP contribution in [0.2, 0.25) is 5.02 Å². The van der Waals surface area contributed by atoms with Gasteiger partial charge in [0, 0.05) is 41.2 Å². The molecule has 41 heavy (non-hydrogen) atoms. The van der Waals surface area contributed by atoms with Gasteiger partial charge in [0.15, 0.2) is 5.82 Å². The molecule has 4 aromatic rings. The minimum atomic E-state index is -0.509. The number of fused-ring (bicyclic) bond motifs is 5. The van der Waals surface area contributed by atoms with Crippen molar-refractivity contribution in [1.29, 1.82) is 0 Å². The van der Waals surface area contributed by atoms with Gasteiger partial charge in [-0.3, -0.25) is 9.88 Å². The van der Waals surface area contributed by atoms with Crippen molar-refractivity contribution in [3.05, 3.63) is 53.4 Å². The molecule has 5 heterocycles. The first-order valence-electron chi connectivity index (χ1n) is 14.8. The number of aliphatic hydroxyl groups is 1. The van der Waals surface area contributed by atoms with E-state index in [1.807, 2.05) is 36.4 Å². The number of hydrogen-bond donors (Lipinski definition) is 1. The number of pyridine rings is 1. The van der Waals surface area contributed by atoms with E-state index in [-0.39, 0.29) is 34.8 Å². The number of hydrogen-bond acceptors (Lipinski definition) is 7. The van der Waals surface area contributed by atoms with Gasteiger partial charge in [-0.1, -0.05) is 41.9 Å². The first-order valence-corrected chi connectivity index (χ1v) is 15.2. The Kier molecular flexibility index (Phi) is 6.09. The van der Waals surface area contributed by atoms with Crippen LogP contribution in [0.15, 0.2) is 42.6 Å². The SMILES string of the molecule is O[C@@H]1CC2C[C@@H]1CN(c1nc(OCC34CCCN3CCC4)nc3c(F)c(-c4cccc5cccc(Cl)c45)ncc13)C2. The van der Waals surface area contributed by atoms with Gasteiger partial charge in [0.2, 0.25) is 0 Å². The molecular formula is C32H33ClFN5O2. The zero-order chi connectivity index (χ0) is 27.7. The molecule has 3 aliphatic heterocycles. The minimum absolute atomic E-state index is 0.0223.